The van der Waals surface area contributed by atoms with Gasteiger partial charge in [-0.1, -0.05) is 0 Å². The molecule has 16 heavy (non-hydrogen) atoms. The maximum absolute atomic E-state index is 5.35. The van der Waals surface area contributed by atoms with Crippen LogP contribution in [-0.2, 0) is 0 Å². The van der Waals surface area contributed by atoms with E-state index in [9.17, 15) is 0 Å². The van der Waals surface area contributed by atoms with Crippen LogP contribution in [0.15, 0.2) is 0 Å². The van der Waals surface area contributed by atoms with E-state index in [1.54, 1.807) is 15.0 Å². The van der Waals surface area contributed by atoms with E-state index in [-0.39, 0.29) is 0 Å². The minimum atomic E-state index is 0.724. The Balaban J connectivity index is 0. The van der Waals surface area contributed by atoms with Gasteiger partial charge < -0.3 is 5.73 Å². The van der Waals surface area contributed by atoms with Crippen molar-refractivity contribution in [2.45, 2.75) is 12.8 Å². The van der Waals surface area contributed by atoms with Gasteiger partial charge in [-0.05, 0) is 19.4 Å². The predicted octanol–water partition coefficient (Wildman–Crippen LogP) is -1.87. The highest BCUT2D eigenvalue weighted by Gasteiger charge is 1.91. The number of hydrazine groups is 3. The Morgan fingerprint density at radius 1 is 0.688 bits per heavy atom. The van der Waals surface area contributed by atoms with Crippen molar-refractivity contribution >= 4 is 0 Å². The van der Waals surface area contributed by atoms with Gasteiger partial charge in [-0.3, -0.25) is 32.6 Å². The molecule has 0 aromatic carbocycles. The first-order valence-corrected chi connectivity index (χ1v) is 5.47. The topological polar surface area (TPSA) is 114 Å². The highest BCUT2D eigenvalue weighted by molar-refractivity contribution is 4.44. The third-order valence-electron chi connectivity index (χ3n) is 1.74. The molecule has 0 aliphatic heterocycles. The molecular weight excluding hydrogens is 206 g/mol. The molecular formula is C9H29N7. The van der Waals surface area contributed by atoms with Gasteiger partial charge >= 0.3 is 0 Å². The number of rotatable bonds is 7. The molecule has 8 N–H and O–H groups in total. The van der Waals surface area contributed by atoms with E-state index in [0.717, 1.165) is 39.0 Å². The van der Waals surface area contributed by atoms with Crippen LogP contribution in [0.5, 0.6) is 0 Å². The molecule has 0 aliphatic carbocycles. The summed E-state index contributed by atoms with van der Waals surface area (Å²) in [6, 6.07) is 0. The van der Waals surface area contributed by atoms with E-state index in [1.807, 2.05) is 21.1 Å². The van der Waals surface area contributed by atoms with Crippen LogP contribution in [-0.4, -0.2) is 62.3 Å². The van der Waals surface area contributed by atoms with Crippen molar-refractivity contribution in [2.75, 3.05) is 47.3 Å². The van der Waals surface area contributed by atoms with Crippen molar-refractivity contribution in [3.63, 3.8) is 0 Å². The minimum Gasteiger partial charge on any atom is -0.330 e. The monoisotopic (exact) mass is 235 g/mol. The predicted molar refractivity (Wildman–Crippen MR) is 68.7 cm³/mol. The smallest absolute Gasteiger partial charge is 0.0138 e. The number of nitrogens with zero attached hydrogens (tertiary/aromatic N) is 3. The molecule has 0 bridgehead atoms. The number of hydrogen-bond donors (Lipinski definition) is 4. The summed E-state index contributed by atoms with van der Waals surface area (Å²) >= 11 is 0. The lowest BCUT2D eigenvalue weighted by molar-refractivity contribution is 0.288. The molecule has 100 valence electrons. The highest BCUT2D eigenvalue weighted by atomic mass is 15.4. The Labute approximate surface area is 99.2 Å². The van der Waals surface area contributed by atoms with Crippen molar-refractivity contribution in [2.24, 2.45) is 23.3 Å². The van der Waals surface area contributed by atoms with Gasteiger partial charge in [0.15, 0.2) is 0 Å². The second-order valence-corrected chi connectivity index (χ2v) is 3.94. The fourth-order valence-electron chi connectivity index (χ4n) is 0.910. The summed E-state index contributed by atoms with van der Waals surface area (Å²) in [6.07, 6.45) is 1.99. The van der Waals surface area contributed by atoms with Gasteiger partial charge in [0.25, 0.3) is 0 Å². The van der Waals surface area contributed by atoms with Crippen molar-refractivity contribution in [1.82, 2.24) is 15.0 Å². The molecule has 0 aliphatic rings. The van der Waals surface area contributed by atoms with E-state index < -0.39 is 0 Å². The maximum atomic E-state index is 5.35. The Kier molecular flexibility index (Phi) is 14.5. The molecule has 0 heterocycles. The average Bonchev–Trinajstić information content (AvgIpc) is 2.14. The Hall–Kier alpha value is -0.280. The van der Waals surface area contributed by atoms with Crippen LogP contribution in [0.3, 0.4) is 0 Å². The van der Waals surface area contributed by atoms with Gasteiger partial charge in [0.1, 0.15) is 0 Å². The van der Waals surface area contributed by atoms with Crippen LogP contribution >= 0.6 is 0 Å². The van der Waals surface area contributed by atoms with Crippen molar-refractivity contribution in [1.29, 1.82) is 0 Å². The van der Waals surface area contributed by atoms with Crippen molar-refractivity contribution in [3.05, 3.63) is 0 Å². The second-order valence-electron chi connectivity index (χ2n) is 3.94. The molecule has 0 aromatic rings. The first-order valence-electron chi connectivity index (χ1n) is 5.47. The summed E-state index contributed by atoms with van der Waals surface area (Å²) < 4.78 is 0. The van der Waals surface area contributed by atoms with Crippen LogP contribution in [0.1, 0.15) is 12.8 Å². The fraction of sp³-hybridized carbons (Fsp3) is 1.00. The molecule has 0 atom stereocenters. The third-order valence-corrected chi connectivity index (χ3v) is 1.74. The van der Waals surface area contributed by atoms with Crippen LogP contribution in [0.4, 0.5) is 0 Å². The molecule has 0 amide bonds. The SMILES string of the molecule is CN(N)CCCN.CN(N)CCCN(C)N. The van der Waals surface area contributed by atoms with Gasteiger partial charge in [0.05, 0.1) is 0 Å². The van der Waals surface area contributed by atoms with Crippen LogP contribution in [0, 0.1) is 0 Å². The summed E-state index contributed by atoms with van der Waals surface area (Å²) in [6.45, 7) is 3.39. The Morgan fingerprint density at radius 2 is 1.00 bits per heavy atom. The summed E-state index contributed by atoms with van der Waals surface area (Å²) in [5, 5.41) is 4.94. The zero-order chi connectivity index (χ0) is 13.0. The normalized spacial score (nSPS) is 10.9. The lowest BCUT2D eigenvalue weighted by Gasteiger charge is -2.11. The summed E-state index contributed by atoms with van der Waals surface area (Å²) in [5.74, 6) is 16.0. The van der Waals surface area contributed by atoms with E-state index in [1.165, 1.54) is 0 Å². The van der Waals surface area contributed by atoms with E-state index >= 15 is 0 Å². The molecule has 0 spiro atoms. The lowest BCUT2D eigenvalue weighted by Crippen LogP contribution is -2.32. The zero-order valence-electron chi connectivity index (χ0n) is 10.9. The van der Waals surface area contributed by atoms with Gasteiger partial charge in [-0.2, -0.15) is 0 Å². The molecule has 0 unspecified atom stereocenters. The molecule has 0 fully saturated rings. The largest absolute Gasteiger partial charge is 0.330 e. The van der Waals surface area contributed by atoms with Gasteiger partial charge in [0, 0.05) is 40.8 Å². The lowest BCUT2D eigenvalue weighted by atomic mass is 10.4. The molecule has 7 nitrogen and oxygen atoms in total. The highest BCUT2D eigenvalue weighted by Crippen LogP contribution is 1.80. The molecule has 7 heteroatoms. The zero-order valence-corrected chi connectivity index (χ0v) is 10.9. The standard InChI is InChI=1S/C5H16N4.C4H13N3/c1-8(6)4-3-5-9(2)7;1-7(6)4-2-3-5/h3-7H2,1-2H3;2-6H2,1H3. The maximum Gasteiger partial charge on any atom is 0.0138 e. The Morgan fingerprint density at radius 3 is 1.19 bits per heavy atom. The van der Waals surface area contributed by atoms with Crippen molar-refractivity contribution < 1.29 is 0 Å². The quantitative estimate of drug-likeness (QED) is 0.302. The van der Waals surface area contributed by atoms with Crippen LogP contribution in [0.2, 0.25) is 0 Å². The van der Waals surface area contributed by atoms with E-state index in [2.05, 4.69) is 0 Å². The minimum absolute atomic E-state index is 0.724. The number of nitrogens with two attached hydrogens (primary N) is 4. The number of hydrogen-bond acceptors (Lipinski definition) is 7. The van der Waals surface area contributed by atoms with Gasteiger partial charge in [0.2, 0.25) is 0 Å². The molecule has 0 saturated heterocycles. The molecule has 0 rings (SSSR count). The van der Waals surface area contributed by atoms with Crippen LogP contribution < -0.4 is 23.3 Å². The first kappa shape index (κ1) is 18.1. The summed E-state index contributed by atoms with van der Waals surface area (Å²) in [5.41, 5.74) is 5.19. The van der Waals surface area contributed by atoms with Gasteiger partial charge in [-0.15, -0.1) is 0 Å². The molecule has 0 saturated carbocycles. The van der Waals surface area contributed by atoms with E-state index in [4.69, 9.17) is 23.3 Å². The summed E-state index contributed by atoms with van der Waals surface area (Å²) in [7, 11) is 5.52. The summed E-state index contributed by atoms with van der Waals surface area (Å²) in [4.78, 5) is 0. The Bertz CT molecular complexity index is 119. The van der Waals surface area contributed by atoms with E-state index in [0.29, 0.717) is 0 Å². The first-order chi connectivity index (χ1) is 7.40. The molecule has 0 aromatic heterocycles. The van der Waals surface area contributed by atoms with Gasteiger partial charge in [-0.25, -0.2) is 0 Å². The average molecular weight is 235 g/mol. The van der Waals surface area contributed by atoms with Crippen LogP contribution in [0.25, 0.3) is 0 Å². The second kappa shape index (κ2) is 12.8. The third kappa shape index (κ3) is 23.5. The van der Waals surface area contributed by atoms with Crippen molar-refractivity contribution in [3.8, 4) is 0 Å². The molecule has 0 radical (unpaired) electrons. The fourth-order valence-corrected chi connectivity index (χ4v) is 0.910.